The van der Waals surface area contributed by atoms with E-state index in [1.807, 2.05) is 45.0 Å². The number of sulfonamides is 1. The maximum atomic E-state index is 13.8. The molecule has 0 saturated heterocycles. The summed E-state index contributed by atoms with van der Waals surface area (Å²) in [5.74, 6) is -0.945. The molecule has 208 valence electrons. The van der Waals surface area contributed by atoms with Crippen molar-refractivity contribution in [2.75, 3.05) is 24.2 Å². The molecule has 0 aromatic heterocycles. The van der Waals surface area contributed by atoms with Crippen LogP contribution in [0.2, 0.25) is 0 Å². The van der Waals surface area contributed by atoms with Crippen molar-refractivity contribution in [2.45, 2.75) is 59.2 Å². The minimum absolute atomic E-state index is 0.0422. The lowest BCUT2D eigenvalue weighted by Gasteiger charge is -2.33. The van der Waals surface area contributed by atoms with E-state index in [-0.39, 0.29) is 35.6 Å². The zero-order valence-electron chi connectivity index (χ0n) is 22.6. The average Bonchev–Trinajstić information content (AvgIpc) is 2.85. The number of anilines is 1. The van der Waals surface area contributed by atoms with Crippen molar-refractivity contribution in [3.63, 3.8) is 0 Å². The van der Waals surface area contributed by atoms with Gasteiger partial charge in [0, 0.05) is 24.7 Å². The van der Waals surface area contributed by atoms with Crippen LogP contribution < -0.4 is 14.4 Å². The van der Waals surface area contributed by atoms with Gasteiger partial charge in [0.1, 0.15) is 24.0 Å². The van der Waals surface area contributed by atoms with Crippen LogP contribution in [0.15, 0.2) is 42.5 Å². The van der Waals surface area contributed by atoms with E-state index < -0.39 is 33.4 Å². The summed E-state index contributed by atoms with van der Waals surface area (Å²) in [6.45, 7) is 6.85. The number of hydrogen-bond acceptors (Lipinski definition) is 7. The van der Waals surface area contributed by atoms with Gasteiger partial charge < -0.3 is 15.0 Å². The summed E-state index contributed by atoms with van der Waals surface area (Å²) in [4.78, 5) is 39.1. The van der Waals surface area contributed by atoms with Gasteiger partial charge in [-0.15, -0.1) is 0 Å². The van der Waals surface area contributed by atoms with Crippen LogP contribution in [0, 0.1) is 17.0 Å². The van der Waals surface area contributed by atoms with Gasteiger partial charge in [0.25, 0.3) is 5.69 Å². The number of non-ortho nitro benzene ring substituents is 1. The topological polar surface area (TPSA) is 139 Å². The molecule has 38 heavy (non-hydrogen) atoms. The number of methoxy groups -OCH3 is 1. The van der Waals surface area contributed by atoms with Crippen molar-refractivity contribution in [1.82, 2.24) is 10.2 Å². The fourth-order valence-electron chi connectivity index (χ4n) is 3.95. The first-order chi connectivity index (χ1) is 17.8. The largest absolute Gasteiger partial charge is 0.495 e. The molecule has 0 aliphatic heterocycles. The summed E-state index contributed by atoms with van der Waals surface area (Å²) in [5, 5.41) is 14.3. The minimum atomic E-state index is -4.09. The molecule has 2 amide bonds. The second-order valence-electron chi connectivity index (χ2n) is 9.14. The highest BCUT2D eigenvalue weighted by atomic mass is 32.2. The Labute approximate surface area is 224 Å². The van der Waals surface area contributed by atoms with Gasteiger partial charge in [0.05, 0.1) is 18.3 Å². The Morgan fingerprint density at radius 1 is 1.13 bits per heavy atom. The summed E-state index contributed by atoms with van der Waals surface area (Å²) in [5.41, 5.74) is 1.22. The van der Waals surface area contributed by atoms with Crippen molar-refractivity contribution in [3.05, 3.63) is 63.7 Å². The number of nitrogens with zero attached hydrogens (tertiary/aromatic N) is 3. The zero-order chi connectivity index (χ0) is 28.6. The maximum Gasteiger partial charge on any atom is 0.271 e. The molecule has 11 nitrogen and oxygen atoms in total. The number of rotatable bonds is 13. The molecule has 2 rings (SSSR count). The van der Waals surface area contributed by atoms with Crippen LogP contribution in [0.5, 0.6) is 5.75 Å². The first-order valence-corrected chi connectivity index (χ1v) is 14.1. The third-order valence-electron chi connectivity index (χ3n) is 6.14. The summed E-state index contributed by atoms with van der Waals surface area (Å²) in [7, 11) is -2.80. The number of nitrogens with one attached hydrogen (secondary N) is 1. The summed E-state index contributed by atoms with van der Waals surface area (Å²) in [6.07, 6.45) is 1.89. The van der Waals surface area contributed by atoms with E-state index in [4.69, 9.17) is 4.74 Å². The molecule has 0 saturated carbocycles. The smallest absolute Gasteiger partial charge is 0.271 e. The van der Waals surface area contributed by atoms with Gasteiger partial charge in [-0.1, -0.05) is 43.7 Å². The first-order valence-electron chi connectivity index (χ1n) is 12.3. The van der Waals surface area contributed by atoms with Crippen molar-refractivity contribution in [2.24, 2.45) is 0 Å². The van der Waals surface area contributed by atoms with E-state index in [1.165, 1.54) is 24.1 Å². The van der Waals surface area contributed by atoms with Crippen molar-refractivity contribution < 1.29 is 27.7 Å². The number of carbonyl (C=O) groups excluding carboxylic acids is 2. The Morgan fingerprint density at radius 3 is 2.34 bits per heavy atom. The van der Waals surface area contributed by atoms with E-state index >= 15 is 0 Å². The number of hydrogen-bond donors (Lipinski definition) is 1. The molecular weight excluding hydrogens is 512 g/mol. The molecular formula is C26H36N4O7S. The quantitative estimate of drug-likeness (QED) is 0.299. The van der Waals surface area contributed by atoms with Gasteiger partial charge in [-0.25, -0.2) is 8.42 Å². The van der Waals surface area contributed by atoms with Crippen LogP contribution in [-0.4, -0.2) is 62.0 Å². The predicted octanol–water partition coefficient (Wildman–Crippen LogP) is 3.40. The Hall–Kier alpha value is -3.67. The Morgan fingerprint density at radius 2 is 1.82 bits per heavy atom. The molecule has 0 spiro atoms. The summed E-state index contributed by atoms with van der Waals surface area (Å²) in [6, 6.07) is 9.97. The Bertz CT molecular complexity index is 1270. The lowest BCUT2D eigenvalue weighted by molar-refractivity contribution is -0.384. The highest BCUT2D eigenvalue weighted by Gasteiger charge is 2.33. The van der Waals surface area contributed by atoms with Gasteiger partial charge in [-0.2, -0.15) is 0 Å². The van der Waals surface area contributed by atoms with E-state index in [1.54, 1.807) is 6.92 Å². The van der Waals surface area contributed by atoms with Gasteiger partial charge >= 0.3 is 0 Å². The van der Waals surface area contributed by atoms with Gasteiger partial charge in [0.15, 0.2) is 0 Å². The highest BCUT2D eigenvalue weighted by molar-refractivity contribution is 7.92. The third kappa shape index (κ3) is 7.91. The highest BCUT2D eigenvalue weighted by Crippen LogP contribution is 2.34. The second-order valence-corrected chi connectivity index (χ2v) is 11.0. The zero-order valence-corrected chi connectivity index (χ0v) is 23.4. The molecule has 2 aromatic carbocycles. The van der Waals surface area contributed by atoms with Crippen molar-refractivity contribution in [3.8, 4) is 5.75 Å². The molecule has 0 aliphatic rings. The normalized spacial score (nSPS) is 12.8. The molecule has 0 bridgehead atoms. The lowest BCUT2D eigenvalue weighted by Crippen LogP contribution is -2.53. The number of benzene rings is 2. The Kier molecular flexibility index (Phi) is 10.6. The standard InChI is InChI=1S/C26H36N4O7S/c1-7-19(4)27-26(32)22(8-2)28(16-20-11-9-10-18(3)14-20)25(31)17-29(38(6,35)36)23-15-21(30(33)34)12-13-24(23)37-5/h9-15,19,22H,7-8,16-17H2,1-6H3,(H,27,32)/t19-,22+/m1/s1. The van der Waals surface area contributed by atoms with Gasteiger partial charge in [-0.3, -0.25) is 24.0 Å². The monoisotopic (exact) mass is 548 g/mol. The number of nitro groups is 1. The number of nitro benzene ring substituents is 1. The van der Waals surface area contributed by atoms with Crippen molar-refractivity contribution in [1.29, 1.82) is 0 Å². The van der Waals surface area contributed by atoms with Gasteiger partial charge in [0.2, 0.25) is 21.8 Å². The van der Waals surface area contributed by atoms with E-state index in [0.717, 1.165) is 27.8 Å². The first kappa shape index (κ1) is 30.6. The molecule has 0 fully saturated rings. The molecule has 0 radical (unpaired) electrons. The minimum Gasteiger partial charge on any atom is -0.495 e. The van der Waals surface area contributed by atoms with Crippen LogP contribution in [-0.2, 0) is 26.2 Å². The SMILES string of the molecule is CC[C@@H](C)NC(=O)[C@H](CC)N(Cc1cccc(C)c1)C(=O)CN(c1cc([N+](=O)[O-])ccc1OC)S(C)(=O)=O. The third-order valence-corrected chi connectivity index (χ3v) is 7.27. The number of aryl methyl sites for hydroxylation is 1. The van der Waals surface area contributed by atoms with Crippen LogP contribution in [0.3, 0.4) is 0 Å². The van der Waals surface area contributed by atoms with Crippen LogP contribution in [0.1, 0.15) is 44.7 Å². The summed E-state index contributed by atoms with van der Waals surface area (Å²) >= 11 is 0. The van der Waals surface area contributed by atoms with Crippen LogP contribution in [0.4, 0.5) is 11.4 Å². The fourth-order valence-corrected chi connectivity index (χ4v) is 4.79. The van der Waals surface area contributed by atoms with E-state index in [9.17, 15) is 28.1 Å². The molecule has 0 heterocycles. The van der Waals surface area contributed by atoms with E-state index in [2.05, 4.69) is 5.32 Å². The van der Waals surface area contributed by atoms with E-state index in [0.29, 0.717) is 12.8 Å². The summed E-state index contributed by atoms with van der Waals surface area (Å²) < 4.78 is 31.7. The Balaban J connectivity index is 2.56. The predicted molar refractivity (Wildman–Crippen MR) is 146 cm³/mol. The fraction of sp³-hybridized carbons (Fsp3) is 0.462. The molecule has 1 N–H and O–H groups in total. The van der Waals surface area contributed by atoms with Crippen molar-refractivity contribution >= 4 is 33.2 Å². The average molecular weight is 549 g/mol. The number of amides is 2. The number of ether oxygens (including phenoxy) is 1. The molecule has 0 unspecified atom stereocenters. The number of carbonyl (C=O) groups is 2. The molecule has 12 heteroatoms. The van der Waals surface area contributed by atoms with Crippen LogP contribution in [0.25, 0.3) is 0 Å². The molecule has 0 aliphatic carbocycles. The molecule has 2 atom stereocenters. The van der Waals surface area contributed by atoms with Crippen LogP contribution >= 0.6 is 0 Å². The van der Waals surface area contributed by atoms with Gasteiger partial charge in [-0.05, 0) is 38.3 Å². The molecule has 2 aromatic rings. The lowest BCUT2D eigenvalue weighted by atomic mass is 10.1. The second kappa shape index (κ2) is 13.2. The maximum absolute atomic E-state index is 13.8.